The third kappa shape index (κ3) is 3.79. The van der Waals surface area contributed by atoms with Crippen molar-refractivity contribution >= 4 is 26.5 Å². The fourth-order valence-corrected chi connectivity index (χ4v) is 5.04. The summed E-state index contributed by atoms with van der Waals surface area (Å²) in [6, 6.07) is 7.07. The van der Waals surface area contributed by atoms with Crippen molar-refractivity contribution in [1.82, 2.24) is 9.29 Å². The van der Waals surface area contributed by atoms with E-state index >= 15 is 0 Å². The van der Waals surface area contributed by atoms with Crippen LogP contribution in [-0.4, -0.2) is 37.3 Å². The topological polar surface area (TPSA) is 62.3 Å². The van der Waals surface area contributed by atoms with Gasteiger partial charge in [0.15, 0.2) is 5.13 Å². The Morgan fingerprint density at radius 1 is 1.17 bits per heavy atom. The molecule has 1 aliphatic rings. The fourth-order valence-electron chi connectivity index (χ4n) is 2.77. The van der Waals surface area contributed by atoms with Crippen molar-refractivity contribution in [3.05, 3.63) is 29.6 Å². The molecule has 1 aromatic heterocycles. The molecule has 1 saturated heterocycles. The number of anilines is 1. The SMILES string of the molecule is CCCNc1nc(-c2ccc(S(=O)(=O)N3CCCCC3)cc2)cs1. The summed E-state index contributed by atoms with van der Waals surface area (Å²) >= 11 is 1.57. The Bertz CT molecular complexity index is 763. The van der Waals surface area contributed by atoms with Crippen molar-refractivity contribution < 1.29 is 8.42 Å². The summed E-state index contributed by atoms with van der Waals surface area (Å²) in [6.45, 7) is 4.27. The van der Waals surface area contributed by atoms with Gasteiger partial charge >= 0.3 is 0 Å². The number of rotatable bonds is 6. The van der Waals surface area contributed by atoms with E-state index in [4.69, 9.17) is 0 Å². The lowest BCUT2D eigenvalue weighted by atomic mass is 10.2. The number of hydrogen-bond acceptors (Lipinski definition) is 5. The van der Waals surface area contributed by atoms with Crippen molar-refractivity contribution in [3.63, 3.8) is 0 Å². The van der Waals surface area contributed by atoms with Crippen LogP contribution < -0.4 is 5.32 Å². The second kappa shape index (κ2) is 7.63. The highest BCUT2D eigenvalue weighted by Crippen LogP contribution is 2.27. The van der Waals surface area contributed by atoms with Crippen molar-refractivity contribution in [1.29, 1.82) is 0 Å². The number of nitrogens with one attached hydrogen (secondary N) is 1. The minimum atomic E-state index is -3.36. The summed E-state index contributed by atoms with van der Waals surface area (Å²) in [6.07, 6.45) is 4.06. The maximum absolute atomic E-state index is 12.7. The van der Waals surface area contributed by atoms with Gasteiger partial charge in [0.05, 0.1) is 10.6 Å². The van der Waals surface area contributed by atoms with Crippen LogP contribution in [0.5, 0.6) is 0 Å². The number of hydrogen-bond donors (Lipinski definition) is 1. The van der Waals surface area contributed by atoms with Crippen LogP contribution >= 0.6 is 11.3 Å². The summed E-state index contributed by atoms with van der Waals surface area (Å²) in [5.41, 5.74) is 1.81. The molecule has 0 bridgehead atoms. The van der Waals surface area contributed by atoms with Crippen molar-refractivity contribution in [3.8, 4) is 11.3 Å². The van der Waals surface area contributed by atoms with Gasteiger partial charge in [-0.05, 0) is 31.4 Å². The lowest BCUT2D eigenvalue weighted by Crippen LogP contribution is -2.35. The molecule has 0 aliphatic carbocycles. The third-order valence-electron chi connectivity index (χ3n) is 4.13. The molecule has 24 heavy (non-hydrogen) atoms. The minimum Gasteiger partial charge on any atom is -0.362 e. The van der Waals surface area contributed by atoms with Crippen LogP contribution in [0.25, 0.3) is 11.3 Å². The number of benzene rings is 1. The predicted octanol–water partition coefficient (Wildman–Crippen LogP) is 3.81. The van der Waals surface area contributed by atoms with Gasteiger partial charge in [-0.1, -0.05) is 25.5 Å². The van der Waals surface area contributed by atoms with Crippen LogP contribution in [0.4, 0.5) is 5.13 Å². The lowest BCUT2D eigenvalue weighted by molar-refractivity contribution is 0.346. The highest BCUT2D eigenvalue weighted by Gasteiger charge is 2.25. The largest absolute Gasteiger partial charge is 0.362 e. The van der Waals surface area contributed by atoms with Crippen molar-refractivity contribution in [2.24, 2.45) is 0 Å². The predicted molar refractivity (Wildman–Crippen MR) is 98.9 cm³/mol. The summed E-state index contributed by atoms with van der Waals surface area (Å²) in [5, 5.41) is 6.16. The zero-order chi connectivity index (χ0) is 17.0. The first kappa shape index (κ1) is 17.4. The molecule has 0 atom stereocenters. The van der Waals surface area contributed by atoms with Gasteiger partial charge in [0.1, 0.15) is 0 Å². The van der Waals surface area contributed by atoms with E-state index in [1.165, 1.54) is 0 Å². The molecular weight excluding hydrogens is 342 g/mol. The Labute approximate surface area is 147 Å². The normalized spacial score (nSPS) is 16.2. The highest BCUT2D eigenvalue weighted by molar-refractivity contribution is 7.89. The Kier molecular flexibility index (Phi) is 5.53. The molecule has 1 N–H and O–H groups in total. The average molecular weight is 366 g/mol. The van der Waals surface area contributed by atoms with Crippen LogP contribution in [-0.2, 0) is 10.0 Å². The maximum atomic E-state index is 12.7. The van der Waals surface area contributed by atoms with Gasteiger partial charge in [0, 0.05) is 30.6 Å². The first-order valence-corrected chi connectivity index (χ1v) is 10.7. The van der Waals surface area contributed by atoms with E-state index in [2.05, 4.69) is 17.2 Å². The fraction of sp³-hybridized carbons (Fsp3) is 0.471. The van der Waals surface area contributed by atoms with Gasteiger partial charge < -0.3 is 5.32 Å². The van der Waals surface area contributed by atoms with Crippen LogP contribution in [0.15, 0.2) is 34.5 Å². The first-order valence-electron chi connectivity index (χ1n) is 8.41. The standard InChI is InChI=1S/C17H23N3O2S2/c1-2-10-18-17-19-16(13-23-17)14-6-8-15(9-7-14)24(21,22)20-11-4-3-5-12-20/h6-9,13H,2-5,10-12H2,1H3,(H,18,19). The molecule has 0 unspecified atom stereocenters. The first-order chi connectivity index (χ1) is 11.6. The molecule has 3 rings (SSSR count). The molecule has 0 amide bonds. The van der Waals surface area contributed by atoms with E-state index < -0.39 is 10.0 Å². The number of nitrogens with zero attached hydrogens (tertiary/aromatic N) is 2. The Balaban J connectivity index is 1.76. The maximum Gasteiger partial charge on any atom is 0.243 e. The molecule has 7 heteroatoms. The van der Waals surface area contributed by atoms with Gasteiger partial charge in [-0.15, -0.1) is 11.3 Å². The zero-order valence-corrected chi connectivity index (χ0v) is 15.5. The van der Waals surface area contributed by atoms with E-state index in [-0.39, 0.29) is 0 Å². The number of thiazole rings is 1. The molecule has 0 radical (unpaired) electrons. The molecule has 1 aliphatic heterocycles. The Hall–Kier alpha value is -1.44. The minimum absolute atomic E-state index is 0.368. The lowest BCUT2D eigenvalue weighted by Gasteiger charge is -2.25. The molecule has 0 spiro atoms. The van der Waals surface area contributed by atoms with Gasteiger partial charge in [0.2, 0.25) is 10.0 Å². The van der Waals surface area contributed by atoms with Gasteiger partial charge in [-0.25, -0.2) is 13.4 Å². The molecule has 5 nitrogen and oxygen atoms in total. The number of aromatic nitrogens is 1. The highest BCUT2D eigenvalue weighted by atomic mass is 32.2. The van der Waals surface area contributed by atoms with E-state index in [9.17, 15) is 8.42 Å². The average Bonchev–Trinajstić information content (AvgIpc) is 3.10. The second-order valence-corrected chi connectivity index (χ2v) is 8.75. The molecule has 2 heterocycles. The summed E-state index contributed by atoms with van der Waals surface area (Å²) in [7, 11) is -3.36. The van der Waals surface area contributed by atoms with E-state index in [0.29, 0.717) is 18.0 Å². The van der Waals surface area contributed by atoms with Crippen LogP contribution in [0.3, 0.4) is 0 Å². The number of sulfonamides is 1. The van der Waals surface area contributed by atoms with E-state index in [1.54, 1.807) is 27.8 Å². The van der Waals surface area contributed by atoms with E-state index in [0.717, 1.165) is 48.6 Å². The van der Waals surface area contributed by atoms with Crippen LogP contribution in [0.2, 0.25) is 0 Å². The van der Waals surface area contributed by atoms with Gasteiger partial charge in [-0.2, -0.15) is 4.31 Å². The van der Waals surface area contributed by atoms with Gasteiger partial charge in [-0.3, -0.25) is 0 Å². The molecule has 2 aromatic rings. The third-order valence-corrected chi connectivity index (χ3v) is 6.85. The Morgan fingerprint density at radius 2 is 1.88 bits per heavy atom. The zero-order valence-electron chi connectivity index (χ0n) is 13.9. The molecule has 1 fully saturated rings. The molecule has 0 saturated carbocycles. The molecular formula is C17H23N3O2S2. The smallest absolute Gasteiger partial charge is 0.243 e. The summed E-state index contributed by atoms with van der Waals surface area (Å²) in [4.78, 5) is 4.92. The van der Waals surface area contributed by atoms with E-state index in [1.807, 2.05) is 17.5 Å². The van der Waals surface area contributed by atoms with Crippen molar-refractivity contribution in [2.75, 3.05) is 25.0 Å². The van der Waals surface area contributed by atoms with Crippen LogP contribution in [0, 0.1) is 0 Å². The second-order valence-electron chi connectivity index (χ2n) is 5.95. The Morgan fingerprint density at radius 3 is 2.54 bits per heavy atom. The molecule has 1 aromatic carbocycles. The summed E-state index contributed by atoms with van der Waals surface area (Å²) in [5.74, 6) is 0. The number of piperidine rings is 1. The van der Waals surface area contributed by atoms with Crippen LogP contribution in [0.1, 0.15) is 32.6 Å². The van der Waals surface area contributed by atoms with Gasteiger partial charge in [0.25, 0.3) is 0 Å². The summed E-state index contributed by atoms with van der Waals surface area (Å²) < 4.78 is 26.9. The molecule has 130 valence electrons. The quantitative estimate of drug-likeness (QED) is 0.846. The monoisotopic (exact) mass is 365 g/mol. The van der Waals surface area contributed by atoms with Crippen molar-refractivity contribution in [2.45, 2.75) is 37.5 Å².